The van der Waals surface area contributed by atoms with Crippen molar-refractivity contribution in [2.75, 3.05) is 11.9 Å². The first-order valence-corrected chi connectivity index (χ1v) is 9.64. The number of nitrogens with zero attached hydrogens (tertiary/aromatic N) is 1. The van der Waals surface area contributed by atoms with Gasteiger partial charge in [0, 0.05) is 24.7 Å². The number of anilines is 1. The summed E-state index contributed by atoms with van der Waals surface area (Å²) in [4.78, 5) is 16.5. The van der Waals surface area contributed by atoms with Crippen LogP contribution in [0, 0.1) is 6.92 Å². The van der Waals surface area contributed by atoms with E-state index in [0.29, 0.717) is 25.6 Å². The second-order valence-electron chi connectivity index (χ2n) is 7.01. The summed E-state index contributed by atoms with van der Waals surface area (Å²) in [6.45, 7) is 3.38. The van der Waals surface area contributed by atoms with Crippen LogP contribution in [-0.2, 0) is 11.3 Å². The molecule has 0 aromatic heterocycles. The number of aliphatic imine (C=N–C) groups is 1. The van der Waals surface area contributed by atoms with Crippen LogP contribution in [0.2, 0.25) is 0 Å². The number of para-hydroxylation sites is 1. The van der Waals surface area contributed by atoms with Crippen LogP contribution in [-0.4, -0.2) is 24.5 Å². The number of guanidine groups is 1. The lowest BCUT2D eigenvalue weighted by Crippen LogP contribution is -2.33. The highest BCUT2D eigenvalue weighted by molar-refractivity contribution is 14.0. The molecule has 1 aliphatic carbocycles. The third-order valence-electron chi connectivity index (χ3n) is 4.39. The second-order valence-corrected chi connectivity index (χ2v) is 7.01. The zero-order valence-corrected chi connectivity index (χ0v) is 18.6. The predicted molar refractivity (Wildman–Crippen MR) is 126 cm³/mol. The zero-order valence-electron chi connectivity index (χ0n) is 16.3. The number of aryl methyl sites for hydroxylation is 1. The summed E-state index contributed by atoms with van der Waals surface area (Å²) in [5, 5.41) is 9.68. The molecule has 0 heterocycles. The van der Waals surface area contributed by atoms with Crippen LogP contribution in [0.3, 0.4) is 0 Å². The Bertz CT molecular complexity index is 758. The molecular formula is C22H29IN4O. The fourth-order valence-corrected chi connectivity index (χ4v) is 2.64. The summed E-state index contributed by atoms with van der Waals surface area (Å²) in [6, 6.07) is 18.8. The van der Waals surface area contributed by atoms with Crippen LogP contribution in [0.25, 0.3) is 0 Å². The Balaban J connectivity index is 0.00000280. The lowest BCUT2D eigenvalue weighted by molar-refractivity contribution is -0.121. The van der Waals surface area contributed by atoms with E-state index in [1.54, 1.807) is 0 Å². The molecule has 0 radical (unpaired) electrons. The molecule has 0 bridgehead atoms. The average Bonchev–Trinajstić information content (AvgIpc) is 3.49. The number of amides is 1. The summed E-state index contributed by atoms with van der Waals surface area (Å²) in [5.41, 5.74) is 3.39. The molecule has 0 spiro atoms. The van der Waals surface area contributed by atoms with E-state index in [-0.39, 0.29) is 29.9 Å². The number of hydrogen-bond donors (Lipinski definition) is 3. The van der Waals surface area contributed by atoms with Crippen LogP contribution < -0.4 is 16.0 Å². The average molecular weight is 492 g/mol. The van der Waals surface area contributed by atoms with Crippen molar-refractivity contribution in [2.45, 2.75) is 45.2 Å². The maximum Gasteiger partial charge on any atom is 0.220 e. The monoisotopic (exact) mass is 492 g/mol. The first kappa shape index (κ1) is 22.2. The van der Waals surface area contributed by atoms with Gasteiger partial charge < -0.3 is 16.0 Å². The Hall–Kier alpha value is -2.09. The molecule has 3 N–H and O–H groups in total. The molecule has 6 heteroatoms. The zero-order chi connectivity index (χ0) is 18.9. The highest BCUT2D eigenvalue weighted by Gasteiger charge is 2.22. The maximum atomic E-state index is 11.8. The number of rotatable bonds is 8. The van der Waals surface area contributed by atoms with Crippen molar-refractivity contribution < 1.29 is 4.79 Å². The van der Waals surface area contributed by atoms with Crippen molar-refractivity contribution in [3.8, 4) is 0 Å². The first-order chi connectivity index (χ1) is 13.2. The Kier molecular flexibility index (Phi) is 9.27. The SMILES string of the molecule is Cc1ccc(CN=C(NCCCC(=O)NC2CC2)Nc2ccccc2)cc1.I. The number of carbonyl (C=O) groups excluding carboxylic acids is 1. The van der Waals surface area contributed by atoms with E-state index in [4.69, 9.17) is 0 Å². The van der Waals surface area contributed by atoms with Crippen molar-refractivity contribution in [3.05, 3.63) is 65.7 Å². The normalized spacial score (nSPS) is 13.4. The highest BCUT2D eigenvalue weighted by atomic mass is 127. The molecule has 150 valence electrons. The van der Waals surface area contributed by atoms with Crippen molar-refractivity contribution in [1.82, 2.24) is 10.6 Å². The third-order valence-corrected chi connectivity index (χ3v) is 4.39. The summed E-state index contributed by atoms with van der Waals surface area (Å²) in [6.07, 6.45) is 3.57. The number of carbonyl (C=O) groups is 1. The van der Waals surface area contributed by atoms with E-state index < -0.39 is 0 Å². The van der Waals surface area contributed by atoms with Crippen molar-refractivity contribution in [1.29, 1.82) is 0 Å². The minimum atomic E-state index is 0. The molecule has 0 unspecified atom stereocenters. The van der Waals surface area contributed by atoms with Crippen LogP contribution in [0.4, 0.5) is 5.69 Å². The molecule has 0 atom stereocenters. The minimum Gasteiger partial charge on any atom is -0.356 e. The van der Waals surface area contributed by atoms with E-state index in [1.807, 2.05) is 30.3 Å². The summed E-state index contributed by atoms with van der Waals surface area (Å²) in [7, 11) is 0. The molecule has 2 aromatic rings. The van der Waals surface area contributed by atoms with E-state index in [9.17, 15) is 4.79 Å². The maximum absolute atomic E-state index is 11.8. The Morgan fingerprint density at radius 2 is 1.79 bits per heavy atom. The number of hydrogen-bond acceptors (Lipinski definition) is 2. The summed E-state index contributed by atoms with van der Waals surface area (Å²) in [5.74, 6) is 0.873. The largest absolute Gasteiger partial charge is 0.356 e. The van der Waals surface area contributed by atoms with E-state index in [1.165, 1.54) is 11.1 Å². The van der Waals surface area contributed by atoms with Gasteiger partial charge in [-0.25, -0.2) is 4.99 Å². The van der Waals surface area contributed by atoms with Crippen LogP contribution in [0.1, 0.15) is 36.8 Å². The molecule has 3 rings (SSSR count). The molecule has 1 saturated carbocycles. The van der Waals surface area contributed by atoms with Gasteiger partial charge in [-0.1, -0.05) is 48.0 Å². The summed E-state index contributed by atoms with van der Waals surface area (Å²) >= 11 is 0. The molecule has 2 aromatic carbocycles. The van der Waals surface area contributed by atoms with Gasteiger partial charge in [-0.2, -0.15) is 0 Å². The Labute approximate surface area is 184 Å². The van der Waals surface area contributed by atoms with E-state index in [2.05, 4.69) is 52.1 Å². The molecule has 1 aliphatic rings. The fraction of sp³-hybridized carbons (Fsp3) is 0.364. The van der Waals surface area contributed by atoms with Gasteiger partial charge in [0.25, 0.3) is 0 Å². The van der Waals surface area contributed by atoms with E-state index >= 15 is 0 Å². The minimum absolute atomic E-state index is 0. The quantitative estimate of drug-likeness (QED) is 0.224. The van der Waals surface area contributed by atoms with Gasteiger partial charge in [-0.05, 0) is 43.9 Å². The Morgan fingerprint density at radius 1 is 1.07 bits per heavy atom. The molecule has 1 amide bonds. The smallest absolute Gasteiger partial charge is 0.220 e. The molecule has 1 fully saturated rings. The molecular weight excluding hydrogens is 463 g/mol. The van der Waals surface area contributed by atoms with Gasteiger partial charge in [0.15, 0.2) is 5.96 Å². The van der Waals surface area contributed by atoms with Gasteiger partial charge >= 0.3 is 0 Å². The predicted octanol–water partition coefficient (Wildman–Crippen LogP) is 4.23. The Morgan fingerprint density at radius 3 is 2.46 bits per heavy atom. The van der Waals surface area contributed by atoms with Crippen molar-refractivity contribution >= 4 is 41.5 Å². The summed E-state index contributed by atoms with van der Waals surface area (Å²) < 4.78 is 0. The van der Waals surface area contributed by atoms with Crippen LogP contribution >= 0.6 is 24.0 Å². The first-order valence-electron chi connectivity index (χ1n) is 9.64. The highest BCUT2D eigenvalue weighted by Crippen LogP contribution is 2.18. The van der Waals surface area contributed by atoms with Gasteiger partial charge in [0.05, 0.1) is 6.54 Å². The third kappa shape index (κ3) is 8.29. The van der Waals surface area contributed by atoms with Crippen molar-refractivity contribution in [3.63, 3.8) is 0 Å². The van der Waals surface area contributed by atoms with Gasteiger partial charge in [-0.15, -0.1) is 24.0 Å². The molecule has 28 heavy (non-hydrogen) atoms. The number of halogens is 1. The van der Waals surface area contributed by atoms with Crippen molar-refractivity contribution in [2.24, 2.45) is 4.99 Å². The topological polar surface area (TPSA) is 65.5 Å². The molecule has 5 nitrogen and oxygen atoms in total. The fourth-order valence-electron chi connectivity index (χ4n) is 2.64. The number of nitrogens with one attached hydrogen (secondary N) is 3. The van der Waals surface area contributed by atoms with Crippen LogP contribution in [0.15, 0.2) is 59.6 Å². The van der Waals surface area contributed by atoms with Gasteiger partial charge in [0.1, 0.15) is 0 Å². The van der Waals surface area contributed by atoms with Gasteiger partial charge in [-0.3, -0.25) is 4.79 Å². The lowest BCUT2D eigenvalue weighted by atomic mass is 10.1. The van der Waals surface area contributed by atoms with Crippen LogP contribution in [0.5, 0.6) is 0 Å². The lowest BCUT2D eigenvalue weighted by Gasteiger charge is -2.13. The van der Waals surface area contributed by atoms with E-state index in [0.717, 1.165) is 30.9 Å². The van der Waals surface area contributed by atoms with Gasteiger partial charge in [0.2, 0.25) is 5.91 Å². The second kappa shape index (κ2) is 11.7. The number of benzene rings is 2. The molecule has 0 saturated heterocycles. The standard InChI is InChI=1S/C22H28N4O.HI/c1-17-9-11-18(12-10-17)16-24-22(26-19-6-3-2-4-7-19)23-15-5-8-21(27)25-20-13-14-20;/h2-4,6-7,9-12,20H,5,8,13-16H2,1H3,(H,25,27)(H2,23,24,26);1H. The molecule has 0 aliphatic heterocycles.